The molecule has 0 unspecified atom stereocenters. The first-order chi connectivity index (χ1) is 13.7. The summed E-state index contributed by atoms with van der Waals surface area (Å²) in [7, 11) is 0. The molecule has 0 amide bonds. The average molecular weight is 371 g/mol. The molecular weight excluding hydrogens is 353 g/mol. The van der Waals surface area contributed by atoms with Crippen LogP contribution in [0.25, 0.3) is 16.9 Å². The number of aromatic nitrogens is 2. The summed E-state index contributed by atoms with van der Waals surface area (Å²) in [6.07, 6.45) is 3.49. The maximum atomic E-state index is 13.5. The van der Waals surface area contributed by atoms with Crippen LogP contribution in [0, 0.1) is 0 Å². The highest BCUT2D eigenvalue weighted by molar-refractivity contribution is 6.20. The van der Waals surface area contributed by atoms with Crippen molar-refractivity contribution in [1.29, 1.82) is 0 Å². The third-order valence-electron chi connectivity index (χ3n) is 4.49. The van der Waals surface area contributed by atoms with Crippen LogP contribution in [0.2, 0.25) is 0 Å². The molecule has 0 radical (unpaired) electrons. The van der Waals surface area contributed by atoms with E-state index in [2.05, 4.69) is 4.98 Å². The molecule has 1 aromatic carbocycles. The minimum absolute atomic E-state index is 0.223. The number of carbonyl (C=O) groups is 2. The summed E-state index contributed by atoms with van der Waals surface area (Å²) in [6, 6.07) is 19.9. The first-order valence-electron chi connectivity index (χ1n) is 9.03. The van der Waals surface area contributed by atoms with Gasteiger partial charge in [0.15, 0.2) is 5.78 Å². The van der Waals surface area contributed by atoms with Gasteiger partial charge in [-0.3, -0.25) is 9.78 Å². The summed E-state index contributed by atoms with van der Waals surface area (Å²) < 4.78 is 7.11. The third kappa shape index (κ3) is 2.97. The number of pyridine rings is 2. The van der Waals surface area contributed by atoms with E-state index in [-0.39, 0.29) is 18.0 Å². The van der Waals surface area contributed by atoms with Crippen LogP contribution in [0.5, 0.6) is 0 Å². The molecule has 0 aliphatic heterocycles. The summed E-state index contributed by atoms with van der Waals surface area (Å²) in [6.45, 7) is 1.97. The minimum atomic E-state index is -0.521. The Kier molecular flexibility index (Phi) is 4.72. The number of ketones is 1. The summed E-state index contributed by atoms with van der Waals surface area (Å²) in [5, 5.41) is 0. The molecule has 0 N–H and O–H groups in total. The highest BCUT2D eigenvalue weighted by atomic mass is 16.5. The fourth-order valence-corrected chi connectivity index (χ4v) is 3.33. The lowest BCUT2D eigenvalue weighted by molar-refractivity contribution is 0.0526. The van der Waals surface area contributed by atoms with Crippen molar-refractivity contribution in [3.8, 4) is 11.4 Å². The standard InChI is InChI=1S/C23H18N2O3/c1-2-28-23(27)19-18-13-7-9-15-25(18)21(17-12-6-8-14-24-17)20(19)22(26)16-10-4-3-5-11-16/h3-15H,2H2,1H3/i20+1. The van der Waals surface area contributed by atoms with Gasteiger partial charge in [0.2, 0.25) is 0 Å². The zero-order valence-corrected chi connectivity index (χ0v) is 15.3. The minimum Gasteiger partial charge on any atom is -0.462 e. The largest absolute Gasteiger partial charge is 0.462 e. The van der Waals surface area contributed by atoms with Crippen LogP contribution in [0.3, 0.4) is 0 Å². The maximum Gasteiger partial charge on any atom is 0.341 e. The summed E-state index contributed by atoms with van der Waals surface area (Å²) in [5.41, 5.74) is 2.86. The summed E-state index contributed by atoms with van der Waals surface area (Å²) >= 11 is 0. The van der Waals surface area contributed by atoms with Gasteiger partial charge in [-0.2, -0.15) is 0 Å². The third-order valence-corrected chi connectivity index (χ3v) is 4.49. The van der Waals surface area contributed by atoms with E-state index in [0.717, 1.165) is 0 Å². The van der Waals surface area contributed by atoms with Gasteiger partial charge in [-0.1, -0.05) is 42.5 Å². The fraction of sp³-hybridized carbons (Fsp3) is 0.0870. The average Bonchev–Trinajstić information content (AvgIpc) is 3.10. The second-order valence-corrected chi connectivity index (χ2v) is 6.19. The van der Waals surface area contributed by atoms with Gasteiger partial charge < -0.3 is 9.14 Å². The van der Waals surface area contributed by atoms with Crippen LogP contribution < -0.4 is 0 Å². The molecule has 5 heteroatoms. The van der Waals surface area contributed by atoms with E-state index in [1.165, 1.54) is 0 Å². The van der Waals surface area contributed by atoms with Gasteiger partial charge in [0.05, 0.1) is 34.6 Å². The van der Waals surface area contributed by atoms with Crippen LogP contribution in [-0.2, 0) is 4.74 Å². The molecule has 0 saturated carbocycles. The van der Waals surface area contributed by atoms with E-state index in [0.29, 0.717) is 28.0 Å². The molecule has 4 aromatic rings. The van der Waals surface area contributed by atoms with Gasteiger partial charge >= 0.3 is 5.97 Å². The SMILES string of the molecule is CCOC(=O)c1c2ccccn2c(-c2ccccn2)[13c]1C(=O)c1ccccc1. The summed E-state index contributed by atoms with van der Waals surface area (Å²) in [4.78, 5) is 30.8. The van der Waals surface area contributed by atoms with Gasteiger partial charge in [-0.05, 0) is 31.2 Å². The Morgan fingerprint density at radius 2 is 1.68 bits per heavy atom. The second-order valence-electron chi connectivity index (χ2n) is 6.19. The van der Waals surface area contributed by atoms with Crippen LogP contribution in [0.4, 0.5) is 0 Å². The Labute approximate surface area is 162 Å². The van der Waals surface area contributed by atoms with Crippen molar-refractivity contribution in [3.05, 3.63) is 95.8 Å². The lowest BCUT2D eigenvalue weighted by atomic mass is 10.1. The molecule has 0 fully saturated rings. The Hall–Kier alpha value is -3.73. The van der Waals surface area contributed by atoms with Crippen LogP contribution in [0.15, 0.2) is 79.1 Å². The van der Waals surface area contributed by atoms with E-state index in [9.17, 15) is 9.59 Å². The van der Waals surface area contributed by atoms with Gasteiger partial charge in [0, 0.05) is 18.0 Å². The van der Waals surface area contributed by atoms with E-state index in [4.69, 9.17) is 4.74 Å². The molecule has 3 heterocycles. The molecule has 0 aliphatic rings. The van der Waals surface area contributed by atoms with Gasteiger partial charge in [-0.15, -0.1) is 0 Å². The topological polar surface area (TPSA) is 60.7 Å². The number of hydrogen-bond donors (Lipinski definition) is 0. The summed E-state index contributed by atoms with van der Waals surface area (Å²) in [5.74, 6) is -0.763. The monoisotopic (exact) mass is 371 g/mol. The molecule has 4 rings (SSSR count). The molecular formula is C23H18N2O3. The lowest BCUT2D eigenvalue weighted by Gasteiger charge is -2.07. The molecule has 0 atom stereocenters. The highest BCUT2D eigenvalue weighted by Crippen LogP contribution is 2.33. The van der Waals surface area contributed by atoms with E-state index in [1.807, 2.05) is 47.0 Å². The lowest BCUT2D eigenvalue weighted by Crippen LogP contribution is -2.12. The van der Waals surface area contributed by atoms with Crippen molar-refractivity contribution in [2.45, 2.75) is 6.92 Å². The molecule has 5 nitrogen and oxygen atoms in total. The van der Waals surface area contributed by atoms with Crippen molar-refractivity contribution in [2.75, 3.05) is 6.61 Å². The van der Waals surface area contributed by atoms with Crippen LogP contribution in [-0.4, -0.2) is 27.7 Å². The first kappa shape index (κ1) is 17.7. The fourth-order valence-electron chi connectivity index (χ4n) is 3.33. The van der Waals surface area contributed by atoms with Crippen molar-refractivity contribution >= 4 is 17.3 Å². The normalized spacial score (nSPS) is 10.8. The van der Waals surface area contributed by atoms with E-state index < -0.39 is 5.97 Å². The van der Waals surface area contributed by atoms with E-state index >= 15 is 0 Å². The highest BCUT2D eigenvalue weighted by Gasteiger charge is 2.30. The molecule has 138 valence electrons. The zero-order chi connectivity index (χ0) is 19.5. The quantitative estimate of drug-likeness (QED) is 0.385. The van der Waals surface area contributed by atoms with Crippen LogP contribution >= 0.6 is 0 Å². The number of ether oxygens (including phenoxy) is 1. The molecule has 0 bridgehead atoms. The number of esters is 1. The zero-order valence-electron chi connectivity index (χ0n) is 15.3. The first-order valence-corrected chi connectivity index (χ1v) is 9.03. The molecule has 0 spiro atoms. The predicted molar refractivity (Wildman–Crippen MR) is 106 cm³/mol. The van der Waals surface area contributed by atoms with Crippen molar-refractivity contribution < 1.29 is 14.3 Å². The van der Waals surface area contributed by atoms with Crippen LogP contribution in [0.1, 0.15) is 33.2 Å². The number of benzene rings is 1. The number of hydrogen-bond acceptors (Lipinski definition) is 4. The molecule has 3 aromatic heterocycles. The molecule has 0 saturated heterocycles. The number of nitrogens with zero attached hydrogens (tertiary/aromatic N) is 2. The predicted octanol–water partition coefficient (Wildman–Crippen LogP) is 4.41. The van der Waals surface area contributed by atoms with Crippen molar-refractivity contribution in [2.24, 2.45) is 0 Å². The number of carbonyl (C=O) groups excluding carboxylic acids is 2. The van der Waals surface area contributed by atoms with Gasteiger partial charge in [-0.25, -0.2) is 4.79 Å². The molecule has 0 aliphatic carbocycles. The number of fused-ring (bicyclic) bond motifs is 1. The Morgan fingerprint density at radius 1 is 0.929 bits per heavy atom. The van der Waals surface area contributed by atoms with Crippen molar-refractivity contribution in [3.63, 3.8) is 0 Å². The van der Waals surface area contributed by atoms with Crippen molar-refractivity contribution in [1.82, 2.24) is 9.38 Å². The molecule has 28 heavy (non-hydrogen) atoms. The Morgan fingerprint density at radius 3 is 2.39 bits per heavy atom. The van der Waals surface area contributed by atoms with E-state index in [1.54, 1.807) is 43.5 Å². The number of rotatable bonds is 5. The second kappa shape index (κ2) is 7.48. The maximum absolute atomic E-state index is 13.5. The Balaban J connectivity index is 2.09. The van der Waals surface area contributed by atoms with Gasteiger partial charge in [0.1, 0.15) is 0 Å². The van der Waals surface area contributed by atoms with Gasteiger partial charge in [0.25, 0.3) is 0 Å². The Bertz CT molecular complexity index is 1150. The smallest absolute Gasteiger partial charge is 0.341 e.